The second-order valence-electron chi connectivity index (χ2n) is 6.06. The van der Waals surface area contributed by atoms with E-state index >= 15 is 0 Å². The van der Waals surface area contributed by atoms with Gasteiger partial charge in [-0.2, -0.15) is 0 Å². The van der Waals surface area contributed by atoms with E-state index in [0.29, 0.717) is 12.1 Å². The highest BCUT2D eigenvalue weighted by Gasteiger charge is 2.31. The van der Waals surface area contributed by atoms with Crippen molar-refractivity contribution in [2.75, 3.05) is 13.1 Å². The van der Waals surface area contributed by atoms with Gasteiger partial charge in [-0.1, -0.05) is 31.2 Å². The second kappa shape index (κ2) is 5.02. The molecule has 2 heterocycles. The molecule has 1 aromatic carbocycles. The molecule has 18 heavy (non-hydrogen) atoms. The lowest BCUT2D eigenvalue weighted by molar-refractivity contribution is 0.0768. The van der Waals surface area contributed by atoms with Crippen molar-refractivity contribution in [2.24, 2.45) is 5.92 Å². The van der Waals surface area contributed by atoms with E-state index in [9.17, 15) is 0 Å². The summed E-state index contributed by atoms with van der Waals surface area (Å²) in [6.45, 7) is 8.18. The molecule has 2 nitrogen and oxygen atoms in total. The standard InChI is InChI=1S/C16H24N2/c1-12-7-8-18(13(2)9-12)16-11-17-10-14-5-3-4-6-15(14)16/h3-6,12-13,16-17H,7-11H2,1-2H3. The Bertz CT molecular complexity index is 415. The molecule has 0 saturated carbocycles. The maximum absolute atomic E-state index is 3.58. The molecule has 1 aromatic rings. The number of rotatable bonds is 1. The number of fused-ring (bicyclic) bond motifs is 1. The number of nitrogens with zero attached hydrogens (tertiary/aromatic N) is 1. The van der Waals surface area contributed by atoms with Gasteiger partial charge in [0.05, 0.1) is 0 Å². The Hall–Kier alpha value is -0.860. The van der Waals surface area contributed by atoms with E-state index in [2.05, 4.69) is 48.3 Å². The van der Waals surface area contributed by atoms with Crippen LogP contribution in [-0.2, 0) is 6.54 Å². The van der Waals surface area contributed by atoms with Crippen molar-refractivity contribution in [1.82, 2.24) is 10.2 Å². The smallest absolute Gasteiger partial charge is 0.0478 e. The van der Waals surface area contributed by atoms with Gasteiger partial charge in [0.2, 0.25) is 0 Å². The minimum Gasteiger partial charge on any atom is -0.311 e. The van der Waals surface area contributed by atoms with Gasteiger partial charge in [0, 0.05) is 25.2 Å². The summed E-state index contributed by atoms with van der Waals surface area (Å²) in [5.74, 6) is 0.892. The summed E-state index contributed by atoms with van der Waals surface area (Å²) in [5, 5.41) is 3.58. The predicted molar refractivity (Wildman–Crippen MR) is 75.5 cm³/mol. The van der Waals surface area contributed by atoms with Crippen LogP contribution in [0.5, 0.6) is 0 Å². The van der Waals surface area contributed by atoms with Gasteiger partial charge in [-0.3, -0.25) is 4.90 Å². The van der Waals surface area contributed by atoms with Crippen LogP contribution in [0.2, 0.25) is 0 Å². The third-order valence-corrected chi connectivity index (χ3v) is 4.66. The lowest BCUT2D eigenvalue weighted by Crippen LogP contribution is -2.47. The first-order valence-electron chi connectivity index (χ1n) is 7.30. The van der Waals surface area contributed by atoms with E-state index in [1.165, 1.54) is 24.9 Å². The van der Waals surface area contributed by atoms with Crippen LogP contribution in [0.3, 0.4) is 0 Å². The first-order valence-corrected chi connectivity index (χ1v) is 7.30. The van der Waals surface area contributed by atoms with Gasteiger partial charge in [-0.05, 0) is 43.4 Å². The summed E-state index contributed by atoms with van der Waals surface area (Å²) in [7, 11) is 0. The van der Waals surface area contributed by atoms with Crippen molar-refractivity contribution in [3.8, 4) is 0 Å². The van der Waals surface area contributed by atoms with Crippen molar-refractivity contribution in [1.29, 1.82) is 0 Å². The molecular formula is C16H24N2. The average molecular weight is 244 g/mol. The van der Waals surface area contributed by atoms with Crippen LogP contribution >= 0.6 is 0 Å². The third kappa shape index (κ3) is 2.19. The fourth-order valence-electron chi connectivity index (χ4n) is 3.66. The fraction of sp³-hybridized carbons (Fsp3) is 0.625. The van der Waals surface area contributed by atoms with Crippen LogP contribution in [0.25, 0.3) is 0 Å². The maximum Gasteiger partial charge on any atom is 0.0478 e. The van der Waals surface area contributed by atoms with E-state index < -0.39 is 0 Å². The summed E-state index contributed by atoms with van der Waals surface area (Å²) in [4.78, 5) is 2.71. The summed E-state index contributed by atoms with van der Waals surface area (Å²) < 4.78 is 0. The van der Waals surface area contributed by atoms with Crippen LogP contribution < -0.4 is 5.32 Å². The highest BCUT2D eigenvalue weighted by Crippen LogP contribution is 2.33. The Balaban J connectivity index is 1.85. The number of nitrogens with one attached hydrogen (secondary N) is 1. The Kier molecular flexibility index (Phi) is 3.40. The number of piperidine rings is 1. The number of hydrogen-bond acceptors (Lipinski definition) is 2. The molecule has 0 spiro atoms. The van der Waals surface area contributed by atoms with E-state index in [1.807, 2.05) is 0 Å². The van der Waals surface area contributed by atoms with E-state index in [-0.39, 0.29) is 0 Å². The Morgan fingerprint density at radius 2 is 2.06 bits per heavy atom. The van der Waals surface area contributed by atoms with Gasteiger partial charge in [0.15, 0.2) is 0 Å². The maximum atomic E-state index is 3.58. The summed E-state index contributed by atoms with van der Waals surface area (Å²) in [6.07, 6.45) is 2.70. The molecule has 3 atom stereocenters. The van der Waals surface area contributed by atoms with E-state index in [4.69, 9.17) is 0 Å². The third-order valence-electron chi connectivity index (χ3n) is 4.66. The fourth-order valence-corrected chi connectivity index (χ4v) is 3.66. The number of hydrogen-bond donors (Lipinski definition) is 1. The zero-order valence-corrected chi connectivity index (χ0v) is 11.5. The van der Waals surface area contributed by atoms with E-state index in [1.54, 1.807) is 5.56 Å². The van der Waals surface area contributed by atoms with Crippen LogP contribution in [0.4, 0.5) is 0 Å². The topological polar surface area (TPSA) is 15.3 Å². The minimum absolute atomic E-state index is 0.581. The van der Waals surface area contributed by atoms with Gasteiger partial charge in [0.1, 0.15) is 0 Å². The first kappa shape index (κ1) is 12.2. The molecule has 1 saturated heterocycles. The second-order valence-corrected chi connectivity index (χ2v) is 6.06. The molecule has 2 heteroatoms. The first-order chi connectivity index (χ1) is 8.75. The molecule has 0 bridgehead atoms. The quantitative estimate of drug-likeness (QED) is 0.817. The number of likely N-dealkylation sites (tertiary alicyclic amines) is 1. The normalized spacial score (nSPS) is 33.1. The molecule has 1 fully saturated rings. The monoisotopic (exact) mass is 244 g/mol. The molecule has 3 rings (SSSR count). The van der Waals surface area contributed by atoms with Crippen molar-refractivity contribution in [3.05, 3.63) is 35.4 Å². The molecule has 0 amide bonds. The van der Waals surface area contributed by atoms with Crippen molar-refractivity contribution < 1.29 is 0 Å². The molecule has 98 valence electrons. The molecule has 2 aliphatic heterocycles. The Morgan fingerprint density at radius 1 is 1.22 bits per heavy atom. The average Bonchev–Trinajstić information content (AvgIpc) is 2.38. The molecule has 3 unspecified atom stereocenters. The van der Waals surface area contributed by atoms with Crippen molar-refractivity contribution in [2.45, 2.75) is 45.3 Å². The molecule has 2 aliphatic rings. The summed E-state index contributed by atoms with van der Waals surface area (Å²) in [6, 6.07) is 10.2. The molecular weight excluding hydrogens is 220 g/mol. The highest BCUT2D eigenvalue weighted by molar-refractivity contribution is 5.32. The molecule has 0 radical (unpaired) electrons. The van der Waals surface area contributed by atoms with Crippen LogP contribution in [0, 0.1) is 5.92 Å². The van der Waals surface area contributed by atoms with Gasteiger partial charge >= 0.3 is 0 Å². The van der Waals surface area contributed by atoms with Gasteiger partial charge in [0.25, 0.3) is 0 Å². The summed E-state index contributed by atoms with van der Waals surface area (Å²) in [5.41, 5.74) is 3.04. The zero-order chi connectivity index (χ0) is 12.5. The lowest BCUT2D eigenvalue weighted by atomic mass is 9.88. The minimum atomic E-state index is 0.581. The van der Waals surface area contributed by atoms with Gasteiger partial charge in [-0.15, -0.1) is 0 Å². The SMILES string of the molecule is CC1CCN(C2CNCc3ccccc32)C(C)C1. The predicted octanol–water partition coefficient (Wildman–Crippen LogP) is 2.95. The van der Waals surface area contributed by atoms with Crippen LogP contribution in [-0.4, -0.2) is 24.0 Å². The largest absolute Gasteiger partial charge is 0.311 e. The van der Waals surface area contributed by atoms with Gasteiger partial charge in [-0.25, -0.2) is 0 Å². The zero-order valence-electron chi connectivity index (χ0n) is 11.5. The van der Waals surface area contributed by atoms with Crippen molar-refractivity contribution >= 4 is 0 Å². The molecule has 0 aromatic heterocycles. The highest BCUT2D eigenvalue weighted by atomic mass is 15.2. The lowest BCUT2D eigenvalue weighted by Gasteiger charge is -2.44. The van der Waals surface area contributed by atoms with Gasteiger partial charge < -0.3 is 5.32 Å². The van der Waals surface area contributed by atoms with Crippen LogP contribution in [0.15, 0.2) is 24.3 Å². The van der Waals surface area contributed by atoms with Crippen molar-refractivity contribution in [3.63, 3.8) is 0 Å². The molecule has 1 N–H and O–H groups in total. The number of benzene rings is 1. The summed E-state index contributed by atoms with van der Waals surface area (Å²) >= 11 is 0. The Labute approximate surface area is 110 Å². The van der Waals surface area contributed by atoms with Crippen LogP contribution in [0.1, 0.15) is 43.9 Å². The molecule has 0 aliphatic carbocycles. The van der Waals surface area contributed by atoms with E-state index in [0.717, 1.165) is 19.0 Å². The Morgan fingerprint density at radius 3 is 2.89 bits per heavy atom.